The lowest BCUT2D eigenvalue weighted by atomic mass is 10.1. The SMILES string of the molecule is Cc1cc(C)cc(-c2nnc(SC(C)C(=O)Nc3ccc(F)cc3F)o2)c1. The summed E-state index contributed by atoms with van der Waals surface area (Å²) < 4.78 is 32.2. The summed E-state index contributed by atoms with van der Waals surface area (Å²) in [5.41, 5.74) is 2.87. The highest BCUT2D eigenvalue weighted by molar-refractivity contribution is 8.00. The number of carbonyl (C=O) groups excluding carboxylic acids is 1. The van der Waals surface area contributed by atoms with Crippen LogP contribution in [0, 0.1) is 25.5 Å². The van der Waals surface area contributed by atoms with E-state index in [-0.39, 0.29) is 10.9 Å². The van der Waals surface area contributed by atoms with E-state index in [1.54, 1.807) is 6.92 Å². The molecule has 0 bridgehead atoms. The topological polar surface area (TPSA) is 68.0 Å². The Bertz CT molecular complexity index is 971. The van der Waals surface area contributed by atoms with Gasteiger partial charge in [0.1, 0.15) is 11.6 Å². The number of nitrogens with zero attached hydrogens (tertiary/aromatic N) is 2. The molecule has 3 rings (SSSR count). The van der Waals surface area contributed by atoms with Crippen LogP contribution in [-0.4, -0.2) is 21.4 Å². The van der Waals surface area contributed by atoms with Crippen LogP contribution in [0.5, 0.6) is 0 Å². The minimum absolute atomic E-state index is 0.0877. The van der Waals surface area contributed by atoms with Gasteiger partial charge in [-0.15, -0.1) is 10.2 Å². The van der Waals surface area contributed by atoms with Gasteiger partial charge in [0.05, 0.1) is 10.9 Å². The summed E-state index contributed by atoms with van der Waals surface area (Å²) in [5.74, 6) is -1.65. The number of aromatic nitrogens is 2. The zero-order valence-electron chi connectivity index (χ0n) is 14.9. The van der Waals surface area contributed by atoms with Gasteiger partial charge in [0.2, 0.25) is 11.8 Å². The number of thioether (sulfide) groups is 1. The van der Waals surface area contributed by atoms with Crippen molar-refractivity contribution < 1.29 is 18.0 Å². The summed E-state index contributed by atoms with van der Waals surface area (Å²) in [6.07, 6.45) is 0. The van der Waals surface area contributed by atoms with E-state index in [1.165, 1.54) is 6.07 Å². The lowest BCUT2D eigenvalue weighted by Gasteiger charge is -2.10. The highest BCUT2D eigenvalue weighted by Crippen LogP contribution is 2.28. The molecular formula is C19H17F2N3O2S. The summed E-state index contributed by atoms with van der Waals surface area (Å²) in [6.45, 7) is 5.58. The van der Waals surface area contributed by atoms with Crippen LogP contribution in [-0.2, 0) is 4.79 Å². The lowest BCUT2D eigenvalue weighted by molar-refractivity contribution is -0.115. The Morgan fingerprint density at radius 2 is 1.81 bits per heavy atom. The summed E-state index contributed by atoms with van der Waals surface area (Å²) in [6, 6.07) is 8.86. The molecule has 1 aromatic heterocycles. The maximum Gasteiger partial charge on any atom is 0.277 e. The monoisotopic (exact) mass is 389 g/mol. The first-order chi connectivity index (χ1) is 12.8. The van der Waals surface area contributed by atoms with Crippen LogP contribution >= 0.6 is 11.8 Å². The molecule has 1 atom stereocenters. The number of nitrogens with one attached hydrogen (secondary N) is 1. The van der Waals surface area contributed by atoms with Crippen molar-refractivity contribution in [3.63, 3.8) is 0 Å². The smallest absolute Gasteiger partial charge is 0.277 e. The second-order valence-electron chi connectivity index (χ2n) is 6.12. The molecule has 140 valence electrons. The molecule has 5 nitrogen and oxygen atoms in total. The Hall–Kier alpha value is -2.74. The number of hydrogen-bond acceptors (Lipinski definition) is 5. The van der Waals surface area contributed by atoms with Crippen molar-refractivity contribution in [3.05, 3.63) is 59.2 Å². The number of amides is 1. The largest absolute Gasteiger partial charge is 0.411 e. The van der Waals surface area contributed by atoms with E-state index < -0.39 is 22.8 Å². The first kappa shape index (κ1) is 19.0. The second kappa shape index (κ2) is 7.87. The summed E-state index contributed by atoms with van der Waals surface area (Å²) in [7, 11) is 0. The van der Waals surface area contributed by atoms with Crippen LogP contribution in [0.2, 0.25) is 0 Å². The second-order valence-corrected chi connectivity index (χ2v) is 7.42. The Kier molecular flexibility index (Phi) is 5.55. The standard InChI is InChI=1S/C19H17F2N3O2S/c1-10-6-11(2)8-13(7-10)18-23-24-19(26-18)27-12(3)17(25)22-16-5-4-14(20)9-15(16)21/h4-9,12H,1-3H3,(H,22,25). The zero-order chi connectivity index (χ0) is 19.6. The number of carbonyl (C=O) groups is 1. The number of benzene rings is 2. The number of hydrogen-bond donors (Lipinski definition) is 1. The Morgan fingerprint density at radius 3 is 2.48 bits per heavy atom. The van der Waals surface area contributed by atoms with E-state index >= 15 is 0 Å². The molecule has 0 saturated heterocycles. The van der Waals surface area contributed by atoms with Crippen molar-refractivity contribution >= 4 is 23.4 Å². The average Bonchev–Trinajstić information content (AvgIpc) is 3.05. The van der Waals surface area contributed by atoms with E-state index in [1.807, 2.05) is 32.0 Å². The van der Waals surface area contributed by atoms with Gasteiger partial charge in [-0.2, -0.15) is 0 Å². The fraction of sp³-hybridized carbons (Fsp3) is 0.211. The van der Waals surface area contributed by atoms with Crippen LogP contribution in [0.3, 0.4) is 0 Å². The molecule has 0 radical (unpaired) electrons. The van der Waals surface area contributed by atoms with E-state index in [0.717, 1.165) is 34.5 Å². The third kappa shape index (κ3) is 4.71. The molecule has 0 spiro atoms. The minimum Gasteiger partial charge on any atom is -0.411 e. The van der Waals surface area contributed by atoms with Crippen LogP contribution in [0.1, 0.15) is 18.1 Å². The molecule has 3 aromatic rings. The Labute approximate surface area is 159 Å². The van der Waals surface area contributed by atoms with Gasteiger partial charge in [-0.25, -0.2) is 8.78 Å². The van der Waals surface area contributed by atoms with E-state index in [9.17, 15) is 13.6 Å². The molecule has 2 aromatic carbocycles. The highest BCUT2D eigenvalue weighted by Gasteiger charge is 2.20. The molecule has 1 unspecified atom stereocenters. The van der Waals surface area contributed by atoms with Gasteiger partial charge in [0.25, 0.3) is 5.22 Å². The van der Waals surface area contributed by atoms with Gasteiger partial charge >= 0.3 is 0 Å². The molecule has 0 aliphatic rings. The lowest BCUT2D eigenvalue weighted by Crippen LogP contribution is -2.23. The van der Waals surface area contributed by atoms with Crippen molar-refractivity contribution in [2.75, 3.05) is 5.32 Å². The zero-order valence-corrected chi connectivity index (χ0v) is 15.7. The van der Waals surface area contributed by atoms with Gasteiger partial charge in [-0.3, -0.25) is 4.79 Å². The van der Waals surface area contributed by atoms with Crippen LogP contribution < -0.4 is 5.32 Å². The normalized spacial score (nSPS) is 12.0. The third-order valence-electron chi connectivity index (χ3n) is 3.71. The fourth-order valence-corrected chi connectivity index (χ4v) is 3.19. The van der Waals surface area contributed by atoms with E-state index in [0.29, 0.717) is 12.0 Å². The highest BCUT2D eigenvalue weighted by atomic mass is 32.2. The number of anilines is 1. The minimum atomic E-state index is -0.838. The molecular weight excluding hydrogens is 372 g/mol. The maximum atomic E-state index is 13.7. The van der Waals surface area contributed by atoms with Crippen molar-refractivity contribution in [1.82, 2.24) is 10.2 Å². The van der Waals surface area contributed by atoms with Crippen LogP contribution in [0.4, 0.5) is 14.5 Å². The maximum absolute atomic E-state index is 13.7. The first-order valence-corrected chi connectivity index (χ1v) is 9.04. The number of rotatable bonds is 5. The Balaban J connectivity index is 1.68. The van der Waals surface area contributed by atoms with Crippen molar-refractivity contribution in [1.29, 1.82) is 0 Å². The number of halogens is 2. The van der Waals surface area contributed by atoms with Crippen LogP contribution in [0.15, 0.2) is 46.0 Å². The van der Waals surface area contributed by atoms with Crippen molar-refractivity contribution in [2.24, 2.45) is 0 Å². The predicted molar refractivity (Wildman–Crippen MR) is 99.5 cm³/mol. The first-order valence-electron chi connectivity index (χ1n) is 8.16. The summed E-state index contributed by atoms with van der Waals surface area (Å²) >= 11 is 1.05. The van der Waals surface area contributed by atoms with Gasteiger partial charge in [-0.1, -0.05) is 29.0 Å². The van der Waals surface area contributed by atoms with Crippen LogP contribution in [0.25, 0.3) is 11.5 Å². The van der Waals surface area contributed by atoms with Gasteiger partial charge in [0.15, 0.2) is 0 Å². The Morgan fingerprint density at radius 1 is 1.11 bits per heavy atom. The summed E-state index contributed by atoms with van der Waals surface area (Å²) in [4.78, 5) is 12.2. The molecule has 1 amide bonds. The molecule has 8 heteroatoms. The molecule has 0 aliphatic carbocycles. The van der Waals surface area contributed by atoms with Crippen molar-refractivity contribution in [3.8, 4) is 11.5 Å². The van der Waals surface area contributed by atoms with E-state index in [4.69, 9.17) is 4.42 Å². The summed E-state index contributed by atoms with van der Waals surface area (Å²) in [5, 5.41) is 10.00. The molecule has 0 fully saturated rings. The quantitative estimate of drug-likeness (QED) is 0.638. The van der Waals surface area contributed by atoms with Crippen molar-refractivity contribution in [2.45, 2.75) is 31.2 Å². The molecule has 0 saturated carbocycles. The third-order valence-corrected chi connectivity index (χ3v) is 4.65. The van der Waals surface area contributed by atoms with Gasteiger partial charge in [0, 0.05) is 11.6 Å². The molecule has 1 heterocycles. The predicted octanol–water partition coefficient (Wildman–Crippen LogP) is 4.75. The van der Waals surface area contributed by atoms with Gasteiger partial charge in [-0.05, 0) is 45.0 Å². The molecule has 27 heavy (non-hydrogen) atoms. The molecule has 1 N–H and O–H groups in total. The fourth-order valence-electron chi connectivity index (χ4n) is 2.50. The van der Waals surface area contributed by atoms with E-state index in [2.05, 4.69) is 15.5 Å². The molecule has 0 aliphatic heterocycles. The average molecular weight is 389 g/mol. The number of aryl methyl sites for hydroxylation is 2. The van der Waals surface area contributed by atoms with Gasteiger partial charge < -0.3 is 9.73 Å².